The van der Waals surface area contributed by atoms with Gasteiger partial charge in [-0.05, 0) is 29.7 Å². The molecule has 1 aromatic rings. The van der Waals surface area contributed by atoms with Crippen LogP contribution < -0.4 is 0 Å². The first-order valence-electron chi connectivity index (χ1n) is 5.06. The molecule has 1 aromatic carbocycles. The van der Waals surface area contributed by atoms with E-state index >= 15 is 0 Å². The highest BCUT2D eigenvalue weighted by atomic mass is 35.5. The van der Waals surface area contributed by atoms with Gasteiger partial charge in [-0.25, -0.2) is 0 Å². The lowest BCUT2D eigenvalue weighted by molar-refractivity contribution is 0.102. The van der Waals surface area contributed by atoms with Gasteiger partial charge in [-0.15, -0.1) is 0 Å². The fraction of sp³-hybridized carbons (Fsp3) is 0.500. The van der Waals surface area contributed by atoms with Crippen LogP contribution in [0.15, 0.2) is 18.2 Å². The molecule has 84 valence electrons. The molecule has 2 unspecified atom stereocenters. The van der Waals surface area contributed by atoms with Crippen LogP contribution >= 0.6 is 23.2 Å². The molecule has 1 N–H and O–H groups in total. The van der Waals surface area contributed by atoms with Gasteiger partial charge in [-0.3, -0.25) is 0 Å². The van der Waals surface area contributed by atoms with Gasteiger partial charge >= 0.3 is 0 Å². The first kappa shape index (κ1) is 12.8. The molecule has 0 aliphatic rings. The van der Waals surface area contributed by atoms with E-state index in [1.165, 1.54) is 0 Å². The van der Waals surface area contributed by atoms with Gasteiger partial charge in [0.1, 0.15) is 0 Å². The summed E-state index contributed by atoms with van der Waals surface area (Å²) in [5, 5.41) is 11.3. The second-order valence-corrected chi connectivity index (χ2v) is 5.03. The van der Waals surface area contributed by atoms with Gasteiger partial charge in [-0.2, -0.15) is 0 Å². The van der Waals surface area contributed by atoms with Crippen molar-refractivity contribution in [3.05, 3.63) is 33.8 Å². The molecular formula is C12H16Cl2O. The van der Waals surface area contributed by atoms with E-state index < -0.39 is 6.10 Å². The number of rotatable bonds is 3. The molecule has 0 aliphatic heterocycles. The molecule has 0 radical (unpaired) electrons. The smallest absolute Gasteiger partial charge is 0.0629 e. The fourth-order valence-corrected chi connectivity index (χ4v) is 2.10. The minimum atomic E-state index is -0.402. The second-order valence-electron chi connectivity index (χ2n) is 4.19. The summed E-state index contributed by atoms with van der Waals surface area (Å²) >= 11 is 12.0. The molecule has 0 aliphatic carbocycles. The number of aliphatic hydroxyl groups excluding tert-OH is 1. The van der Waals surface area contributed by atoms with E-state index in [-0.39, 0.29) is 11.8 Å². The molecule has 15 heavy (non-hydrogen) atoms. The SMILES string of the molecule is CC(C)C(O)C(C)c1cc(Cl)ccc1Cl. The maximum atomic E-state index is 9.96. The Bertz CT molecular complexity index is 336. The zero-order valence-electron chi connectivity index (χ0n) is 9.17. The minimum absolute atomic E-state index is 0.00352. The maximum absolute atomic E-state index is 9.96. The monoisotopic (exact) mass is 246 g/mol. The Kier molecular flexibility index (Phi) is 4.45. The molecular weight excluding hydrogens is 231 g/mol. The van der Waals surface area contributed by atoms with E-state index in [1.807, 2.05) is 26.8 Å². The highest BCUT2D eigenvalue weighted by Crippen LogP contribution is 2.31. The quantitative estimate of drug-likeness (QED) is 0.851. The van der Waals surface area contributed by atoms with Crippen molar-refractivity contribution in [1.82, 2.24) is 0 Å². The fourth-order valence-electron chi connectivity index (χ4n) is 1.62. The largest absolute Gasteiger partial charge is 0.392 e. The van der Waals surface area contributed by atoms with Crippen molar-refractivity contribution in [3.8, 4) is 0 Å². The van der Waals surface area contributed by atoms with Crippen LogP contribution in [0.5, 0.6) is 0 Å². The van der Waals surface area contributed by atoms with E-state index in [4.69, 9.17) is 23.2 Å². The Hall–Kier alpha value is -0.240. The van der Waals surface area contributed by atoms with Gasteiger partial charge in [0.25, 0.3) is 0 Å². The molecule has 0 spiro atoms. The average molecular weight is 247 g/mol. The van der Waals surface area contributed by atoms with Crippen LogP contribution in [0, 0.1) is 5.92 Å². The first-order valence-corrected chi connectivity index (χ1v) is 5.82. The second kappa shape index (κ2) is 5.20. The summed E-state index contributed by atoms with van der Waals surface area (Å²) in [5.41, 5.74) is 0.908. The van der Waals surface area contributed by atoms with E-state index in [9.17, 15) is 5.11 Å². The molecule has 0 saturated carbocycles. The molecule has 3 heteroatoms. The Labute approximate surface area is 101 Å². The molecule has 1 nitrogen and oxygen atoms in total. The molecule has 0 bridgehead atoms. The standard InChI is InChI=1S/C12H16Cl2O/c1-7(2)12(15)8(3)10-6-9(13)4-5-11(10)14/h4-8,12,15H,1-3H3. The van der Waals surface area contributed by atoms with Crippen molar-refractivity contribution < 1.29 is 5.11 Å². The summed E-state index contributed by atoms with van der Waals surface area (Å²) in [6, 6.07) is 5.34. The Morgan fingerprint density at radius 2 is 1.73 bits per heavy atom. The van der Waals surface area contributed by atoms with Gasteiger partial charge in [0.2, 0.25) is 0 Å². The van der Waals surface area contributed by atoms with Crippen LogP contribution in [0.25, 0.3) is 0 Å². The van der Waals surface area contributed by atoms with Crippen molar-refractivity contribution in [1.29, 1.82) is 0 Å². The summed E-state index contributed by atoms with van der Waals surface area (Å²) in [4.78, 5) is 0. The van der Waals surface area contributed by atoms with E-state index in [1.54, 1.807) is 12.1 Å². The molecule has 0 saturated heterocycles. The van der Waals surface area contributed by atoms with Crippen LogP contribution in [-0.4, -0.2) is 11.2 Å². The molecule has 2 atom stereocenters. The highest BCUT2D eigenvalue weighted by molar-refractivity contribution is 6.33. The summed E-state index contributed by atoms with van der Waals surface area (Å²) in [5.74, 6) is 0.200. The first-order chi connectivity index (χ1) is 6.93. The minimum Gasteiger partial charge on any atom is -0.392 e. The number of halogens is 2. The predicted octanol–water partition coefficient (Wildman–Crippen LogP) is 4.11. The Morgan fingerprint density at radius 1 is 1.13 bits per heavy atom. The van der Waals surface area contributed by atoms with Crippen molar-refractivity contribution in [3.63, 3.8) is 0 Å². The molecule has 0 amide bonds. The molecule has 0 heterocycles. The zero-order chi connectivity index (χ0) is 11.6. The number of benzene rings is 1. The van der Waals surface area contributed by atoms with Crippen molar-refractivity contribution in [2.24, 2.45) is 5.92 Å². The van der Waals surface area contributed by atoms with E-state index in [0.717, 1.165) is 5.56 Å². The van der Waals surface area contributed by atoms with Gasteiger partial charge in [-0.1, -0.05) is 44.0 Å². The van der Waals surface area contributed by atoms with E-state index in [2.05, 4.69) is 0 Å². The number of aliphatic hydroxyl groups is 1. The lowest BCUT2D eigenvalue weighted by Gasteiger charge is -2.23. The van der Waals surface area contributed by atoms with Crippen LogP contribution in [0.4, 0.5) is 0 Å². The molecule has 0 aromatic heterocycles. The van der Waals surface area contributed by atoms with Gasteiger partial charge in [0, 0.05) is 16.0 Å². The Morgan fingerprint density at radius 3 is 2.27 bits per heavy atom. The lowest BCUT2D eigenvalue weighted by atomic mass is 9.89. The van der Waals surface area contributed by atoms with Crippen LogP contribution in [0.3, 0.4) is 0 Å². The summed E-state index contributed by atoms with van der Waals surface area (Å²) in [7, 11) is 0. The van der Waals surface area contributed by atoms with Crippen LogP contribution in [-0.2, 0) is 0 Å². The highest BCUT2D eigenvalue weighted by Gasteiger charge is 2.21. The average Bonchev–Trinajstić information content (AvgIpc) is 2.19. The van der Waals surface area contributed by atoms with E-state index in [0.29, 0.717) is 10.0 Å². The summed E-state index contributed by atoms with van der Waals surface area (Å²) in [6.45, 7) is 5.93. The third-order valence-corrected chi connectivity index (χ3v) is 3.22. The zero-order valence-corrected chi connectivity index (χ0v) is 10.7. The van der Waals surface area contributed by atoms with Crippen molar-refractivity contribution >= 4 is 23.2 Å². The third kappa shape index (κ3) is 3.10. The predicted molar refractivity (Wildman–Crippen MR) is 65.7 cm³/mol. The lowest BCUT2D eigenvalue weighted by Crippen LogP contribution is -2.22. The summed E-state index contributed by atoms with van der Waals surface area (Å²) < 4.78 is 0. The van der Waals surface area contributed by atoms with Gasteiger partial charge < -0.3 is 5.11 Å². The molecule has 0 fully saturated rings. The van der Waals surface area contributed by atoms with Crippen molar-refractivity contribution in [2.45, 2.75) is 32.8 Å². The number of hydrogen-bond acceptors (Lipinski definition) is 1. The third-order valence-electron chi connectivity index (χ3n) is 2.64. The number of hydrogen-bond donors (Lipinski definition) is 1. The Balaban J connectivity index is 2.99. The molecule has 1 rings (SSSR count). The topological polar surface area (TPSA) is 20.2 Å². The summed E-state index contributed by atoms with van der Waals surface area (Å²) in [6.07, 6.45) is -0.402. The van der Waals surface area contributed by atoms with Gasteiger partial charge in [0.15, 0.2) is 0 Å². The van der Waals surface area contributed by atoms with Crippen molar-refractivity contribution in [2.75, 3.05) is 0 Å². The van der Waals surface area contributed by atoms with Gasteiger partial charge in [0.05, 0.1) is 6.10 Å². The maximum Gasteiger partial charge on any atom is 0.0629 e. The van der Waals surface area contributed by atoms with Crippen LogP contribution in [0.2, 0.25) is 10.0 Å². The normalized spacial score (nSPS) is 15.4. The van der Waals surface area contributed by atoms with Crippen LogP contribution in [0.1, 0.15) is 32.3 Å².